The number of aromatic nitrogens is 4. The minimum absolute atomic E-state index is 0.107. The average Bonchev–Trinajstić information content (AvgIpc) is 3.35. The molecule has 6 nitrogen and oxygen atoms in total. The Morgan fingerprint density at radius 2 is 2.11 bits per heavy atom. The van der Waals surface area contributed by atoms with Crippen molar-refractivity contribution in [2.75, 3.05) is 11.9 Å². The first-order valence-electron chi connectivity index (χ1n) is 9.55. The lowest BCUT2D eigenvalue weighted by molar-refractivity contribution is 0.266. The van der Waals surface area contributed by atoms with E-state index in [2.05, 4.69) is 50.7 Å². The van der Waals surface area contributed by atoms with Crippen LogP contribution >= 0.6 is 11.3 Å². The van der Waals surface area contributed by atoms with Gasteiger partial charge in [0.25, 0.3) is 0 Å². The van der Waals surface area contributed by atoms with E-state index in [1.54, 1.807) is 17.7 Å². The smallest absolute Gasteiger partial charge is 0.138 e. The Morgan fingerprint density at radius 3 is 2.96 bits per heavy atom. The van der Waals surface area contributed by atoms with Crippen molar-refractivity contribution >= 4 is 27.4 Å². The minimum atomic E-state index is 0.107. The molecule has 1 aliphatic rings. The Labute approximate surface area is 166 Å². The number of nitrogens with one attached hydrogen (secondary N) is 1. The zero-order valence-electron chi connectivity index (χ0n) is 15.4. The molecule has 0 fully saturated rings. The molecule has 1 aliphatic carbocycles. The standard InChI is InChI=1S/C21H21N5OS/c27-10-9-26-18-8-4-7-17(16(18)12-24-26)25-20-15-11-19(14-5-2-1-3-6-14)28-21(15)23-13-22-20/h1-3,5-6,11-13,17,27H,4,7-10H2,(H,22,23,25)/t17-/m1/s1. The van der Waals surface area contributed by atoms with Crippen LogP contribution in [0.5, 0.6) is 0 Å². The molecule has 28 heavy (non-hydrogen) atoms. The van der Waals surface area contributed by atoms with E-state index in [1.807, 2.05) is 16.9 Å². The molecule has 3 heterocycles. The predicted molar refractivity (Wildman–Crippen MR) is 111 cm³/mol. The molecule has 0 bridgehead atoms. The molecule has 0 saturated carbocycles. The highest BCUT2D eigenvalue weighted by Crippen LogP contribution is 2.37. The third-order valence-electron chi connectivity index (χ3n) is 5.27. The molecule has 5 rings (SSSR count). The van der Waals surface area contributed by atoms with Gasteiger partial charge in [-0.1, -0.05) is 30.3 Å². The summed E-state index contributed by atoms with van der Waals surface area (Å²) < 4.78 is 1.93. The fourth-order valence-electron chi connectivity index (χ4n) is 3.94. The van der Waals surface area contributed by atoms with Gasteiger partial charge < -0.3 is 10.4 Å². The van der Waals surface area contributed by atoms with Crippen molar-refractivity contribution in [3.63, 3.8) is 0 Å². The lowest BCUT2D eigenvalue weighted by Gasteiger charge is -2.24. The zero-order chi connectivity index (χ0) is 18.9. The molecule has 7 heteroatoms. The van der Waals surface area contributed by atoms with Crippen LogP contribution in [0.3, 0.4) is 0 Å². The van der Waals surface area contributed by atoms with Crippen molar-refractivity contribution in [2.45, 2.75) is 31.8 Å². The Balaban J connectivity index is 1.49. The Hall–Kier alpha value is -2.77. The van der Waals surface area contributed by atoms with Crippen LogP contribution in [0.1, 0.15) is 30.1 Å². The van der Waals surface area contributed by atoms with Crippen molar-refractivity contribution in [3.05, 3.63) is 60.2 Å². The molecule has 0 saturated heterocycles. The highest BCUT2D eigenvalue weighted by molar-refractivity contribution is 7.21. The quantitative estimate of drug-likeness (QED) is 0.537. The van der Waals surface area contributed by atoms with Gasteiger partial charge >= 0.3 is 0 Å². The van der Waals surface area contributed by atoms with Crippen molar-refractivity contribution in [3.8, 4) is 10.4 Å². The van der Waals surface area contributed by atoms with Gasteiger partial charge in [0.1, 0.15) is 17.0 Å². The fraction of sp³-hybridized carbons (Fsp3) is 0.286. The summed E-state index contributed by atoms with van der Waals surface area (Å²) in [4.78, 5) is 11.2. The largest absolute Gasteiger partial charge is 0.394 e. The number of fused-ring (bicyclic) bond motifs is 2. The van der Waals surface area contributed by atoms with Gasteiger partial charge in [0.15, 0.2) is 0 Å². The maximum atomic E-state index is 9.26. The summed E-state index contributed by atoms with van der Waals surface area (Å²) in [5.74, 6) is 0.871. The van der Waals surface area contributed by atoms with E-state index in [9.17, 15) is 5.11 Å². The molecule has 0 amide bonds. The number of aliphatic hydroxyl groups is 1. The SMILES string of the molecule is OCCn1ncc2c1CCC[C@H]2Nc1ncnc2sc(-c3ccccc3)cc12. The summed E-state index contributed by atoms with van der Waals surface area (Å²) in [6.07, 6.45) is 6.70. The van der Waals surface area contributed by atoms with Gasteiger partial charge in [-0.15, -0.1) is 11.3 Å². The molecule has 3 aromatic heterocycles. The molecular weight excluding hydrogens is 370 g/mol. The number of anilines is 1. The van der Waals surface area contributed by atoms with Crippen LogP contribution in [0.4, 0.5) is 5.82 Å². The maximum absolute atomic E-state index is 9.26. The third-order valence-corrected chi connectivity index (χ3v) is 6.37. The van der Waals surface area contributed by atoms with Crippen molar-refractivity contribution in [1.29, 1.82) is 0 Å². The van der Waals surface area contributed by atoms with Crippen LogP contribution in [0.15, 0.2) is 48.9 Å². The molecular formula is C21H21N5OS. The van der Waals surface area contributed by atoms with Gasteiger partial charge in [0.05, 0.1) is 30.8 Å². The van der Waals surface area contributed by atoms with Gasteiger partial charge in [-0.2, -0.15) is 5.10 Å². The first-order valence-corrected chi connectivity index (χ1v) is 10.4. The van der Waals surface area contributed by atoms with E-state index >= 15 is 0 Å². The molecule has 0 unspecified atom stereocenters. The average molecular weight is 392 g/mol. The van der Waals surface area contributed by atoms with Crippen molar-refractivity contribution < 1.29 is 5.11 Å². The van der Waals surface area contributed by atoms with E-state index in [1.165, 1.54) is 21.7 Å². The van der Waals surface area contributed by atoms with E-state index in [0.29, 0.717) is 6.54 Å². The first-order chi connectivity index (χ1) is 13.8. The van der Waals surface area contributed by atoms with Gasteiger partial charge in [-0.05, 0) is 30.9 Å². The van der Waals surface area contributed by atoms with Crippen LogP contribution in [0.2, 0.25) is 0 Å². The first kappa shape index (κ1) is 17.3. The van der Waals surface area contributed by atoms with Crippen LogP contribution in [-0.2, 0) is 13.0 Å². The van der Waals surface area contributed by atoms with Crippen LogP contribution in [0, 0.1) is 0 Å². The van der Waals surface area contributed by atoms with Crippen molar-refractivity contribution in [2.24, 2.45) is 0 Å². The van der Waals surface area contributed by atoms with Crippen molar-refractivity contribution in [1.82, 2.24) is 19.7 Å². The second-order valence-electron chi connectivity index (χ2n) is 7.00. The minimum Gasteiger partial charge on any atom is -0.394 e. The zero-order valence-corrected chi connectivity index (χ0v) is 16.2. The monoisotopic (exact) mass is 391 g/mol. The lowest BCUT2D eigenvalue weighted by atomic mass is 9.93. The third kappa shape index (κ3) is 3.06. The number of rotatable bonds is 5. The van der Waals surface area contributed by atoms with E-state index in [4.69, 9.17) is 0 Å². The second-order valence-corrected chi connectivity index (χ2v) is 8.03. The number of nitrogens with zero attached hydrogens (tertiary/aromatic N) is 4. The van der Waals surface area contributed by atoms with E-state index in [-0.39, 0.29) is 12.6 Å². The fourth-order valence-corrected chi connectivity index (χ4v) is 4.94. The maximum Gasteiger partial charge on any atom is 0.138 e. The summed E-state index contributed by atoms with van der Waals surface area (Å²) in [5.41, 5.74) is 3.63. The summed E-state index contributed by atoms with van der Waals surface area (Å²) in [5, 5.41) is 18.4. The van der Waals surface area contributed by atoms with Crippen LogP contribution < -0.4 is 5.32 Å². The lowest BCUT2D eigenvalue weighted by Crippen LogP contribution is -2.19. The molecule has 0 radical (unpaired) electrons. The Morgan fingerprint density at radius 1 is 1.21 bits per heavy atom. The van der Waals surface area contributed by atoms with Gasteiger partial charge in [-0.25, -0.2) is 9.97 Å². The summed E-state index contributed by atoms with van der Waals surface area (Å²) >= 11 is 1.69. The normalized spacial score (nSPS) is 16.2. The Bertz CT molecular complexity index is 1100. The highest BCUT2D eigenvalue weighted by Gasteiger charge is 2.25. The number of hydrogen-bond acceptors (Lipinski definition) is 6. The number of aliphatic hydroxyl groups excluding tert-OH is 1. The highest BCUT2D eigenvalue weighted by atomic mass is 32.1. The molecule has 4 aromatic rings. The molecule has 142 valence electrons. The molecule has 1 aromatic carbocycles. The number of hydrogen-bond donors (Lipinski definition) is 2. The van der Waals surface area contributed by atoms with Gasteiger partial charge in [-0.3, -0.25) is 4.68 Å². The van der Waals surface area contributed by atoms with E-state index in [0.717, 1.165) is 35.3 Å². The predicted octanol–water partition coefficient (Wildman–Crippen LogP) is 4.04. The molecule has 0 spiro atoms. The Kier molecular flexibility index (Phi) is 4.54. The topological polar surface area (TPSA) is 75.9 Å². The molecule has 2 N–H and O–H groups in total. The number of thiophene rings is 1. The summed E-state index contributed by atoms with van der Waals surface area (Å²) in [6.45, 7) is 0.653. The van der Waals surface area contributed by atoms with E-state index < -0.39 is 0 Å². The summed E-state index contributed by atoms with van der Waals surface area (Å²) in [7, 11) is 0. The van der Waals surface area contributed by atoms with Gasteiger partial charge in [0, 0.05) is 16.1 Å². The van der Waals surface area contributed by atoms with Crippen LogP contribution in [-0.4, -0.2) is 31.5 Å². The number of benzene rings is 1. The van der Waals surface area contributed by atoms with Gasteiger partial charge in [0.2, 0.25) is 0 Å². The second kappa shape index (κ2) is 7.33. The van der Waals surface area contributed by atoms with Crippen LogP contribution in [0.25, 0.3) is 20.7 Å². The molecule has 1 atom stereocenters. The summed E-state index contributed by atoms with van der Waals surface area (Å²) in [6, 6.07) is 12.7. The molecule has 0 aliphatic heterocycles.